The zero-order valence-corrected chi connectivity index (χ0v) is 20.3. The summed E-state index contributed by atoms with van der Waals surface area (Å²) in [5.74, 6) is -0.392. The van der Waals surface area contributed by atoms with Crippen LogP contribution in [0.4, 0.5) is 0 Å². The Morgan fingerprint density at radius 1 is 0.818 bits per heavy atom. The lowest BCUT2D eigenvalue weighted by Crippen LogP contribution is -2.52. The van der Waals surface area contributed by atoms with Gasteiger partial charge in [0, 0.05) is 29.1 Å². The molecule has 0 aromatic heterocycles. The van der Waals surface area contributed by atoms with Gasteiger partial charge in [0.25, 0.3) is 0 Å². The average Bonchev–Trinajstić information content (AvgIpc) is 2.79. The molecule has 33 heavy (non-hydrogen) atoms. The zero-order chi connectivity index (χ0) is 23.8. The highest BCUT2D eigenvalue weighted by molar-refractivity contribution is 6.31. The number of hydrogen-bond acceptors (Lipinski definition) is 2. The topological polar surface area (TPSA) is 49.4 Å². The molecule has 0 spiro atoms. The molecule has 0 saturated carbocycles. The Morgan fingerprint density at radius 2 is 1.36 bits per heavy atom. The highest BCUT2D eigenvalue weighted by Crippen LogP contribution is 2.23. The minimum Gasteiger partial charge on any atom is -0.352 e. The molecule has 0 saturated heterocycles. The van der Waals surface area contributed by atoms with Gasteiger partial charge in [-0.3, -0.25) is 9.59 Å². The van der Waals surface area contributed by atoms with Crippen LogP contribution in [-0.4, -0.2) is 28.8 Å². The van der Waals surface area contributed by atoms with Crippen LogP contribution in [0.1, 0.15) is 30.5 Å². The van der Waals surface area contributed by atoms with E-state index in [-0.39, 0.29) is 30.8 Å². The van der Waals surface area contributed by atoms with Gasteiger partial charge in [-0.25, -0.2) is 0 Å². The van der Waals surface area contributed by atoms with Crippen LogP contribution in [-0.2, 0) is 29.0 Å². The van der Waals surface area contributed by atoms with E-state index in [9.17, 15) is 9.59 Å². The summed E-state index contributed by atoms with van der Waals surface area (Å²) in [6.07, 6.45) is 0.475. The Bertz CT molecular complexity index is 1090. The molecule has 0 heterocycles. The van der Waals surface area contributed by atoms with Gasteiger partial charge in [-0.1, -0.05) is 89.9 Å². The first kappa shape index (κ1) is 24.8. The summed E-state index contributed by atoms with van der Waals surface area (Å²) in [7, 11) is 0. The summed E-state index contributed by atoms with van der Waals surface area (Å²) in [5.41, 5.74) is 2.47. The predicted molar refractivity (Wildman–Crippen MR) is 134 cm³/mol. The summed E-state index contributed by atoms with van der Waals surface area (Å²) in [6.45, 7) is 4.02. The van der Waals surface area contributed by atoms with E-state index in [0.29, 0.717) is 16.5 Å². The van der Waals surface area contributed by atoms with E-state index in [1.54, 1.807) is 17.0 Å². The average molecular weight is 483 g/mol. The Balaban J connectivity index is 1.99. The highest BCUT2D eigenvalue weighted by atomic mass is 35.5. The van der Waals surface area contributed by atoms with Gasteiger partial charge in [0.05, 0.1) is 6.42 Å². The normalized spacial score (nSPS) is 11.8. The molecule has 6 heteroatoms. The lowest BCUT2D eigenvalue weighted by atomic mass is 10.0. The molecular formula is C27H28Cl2N2O2. The van der Waals surface area contributed by atoms with Crippen molar-refractivity contribution in [1.29, 1.82) is 0 Å². The third-order valence-electron chi connectivity index (χ3n) is 5.30. The standard InChI is InChI=1S/C27H28Cl2N2O2/c1-19(2)30-27(33)25(16-20-10-4-3-5-11-20)31(18-22-13-7-9-15-24(22)29)26(32)17-21-12-6-8-14-23(21)28/h3-15,19,25H,16-18H2,1-2H3,(H,30,33)/t25-/m1/s1. The quantitative estimate of drug-likeness (QED) is 0.425. The van der Waals surface area contributed by atoms with Crippen LogP contribution in [0.25, 0.3) is 0 Å². The third-order valence-corrected chi connectivity index (χ3v) is 6.04. The van der Waals surface area contributed by atoms with E-state index in [1.807, 2.05) is 80.6 Å². The van der Waals surface area contributed by atoms with Crippen LogP contribution < -0.4 is 5.32 Å². The van der Waals surface area contributed by atoms with Crippen molar-refractivity contribution < 1.29 is 9.59 Å². The van der Waals surface area contributed by atoms with Gasteiger partial charge in [-0.05, 0) is 42.7 Å². The van der Waals surface area contributed by atoms with Crippen molar-refractivity contribution in [2.75, 3.05) is 0 Å². The Morgan fingerprint density at radius 3 is 1.94 bits per heavy atom. The molecule has 4 nitrogen and oxygen atoms in total. The fraction of sp³-hybridized carbons (Fsp3) is 0.259. The largest absolute Gasteiger partial charge is 0.352 e. The fourth-order valence-corrected chi connectivity index (χ4v) is 4.05. The highest BCUT2D eigenvalue weighted by Gasteiger charge is 2.31. The Labute approximate surface area is 205 Å². The van der Waals surface area contributed by atoms with Crippen LogP contribution in [0.2, 0.25) is 10.0 Å². The molecule has 172 valence electrons. The maximum atomic E-state index is 13.6. The van der Waals surface area contributed by atoms with Crippen LogP contribution in [0.3, 0.4) is 0 Å². The van der Waals surface area contributed by atoms with Gasteiger partial charge >= 0.3 is 0 Å². The molecule has 3 rings (SSSR count). The van der Waals surface area contributed by atoms with Crippen molar-refractivity contribution in [2.45, 2.75) is 45.3 Å². The van der Waals surface area contributed by atoms with E-state index >= 15 is 0 Å². The van der Waals surface area contributed by atoms with Crippen molar-refractivity contribution in [2.24, 2.45) is 0 Å². The Kier molecular flexibility index (Phi) is 8.93. The molecular weight excluding hydrogens is 455 g/mol. The van der Waals surface area contributed by atoms with Crippen molar-refractivity contribution in [3.8, 4) is 0 Å². The lowest BCUT2D eigenvalue weighted by Gasteiger charge is -2.32. The molecule has 0 unspecified atom stereocenters. The number of halogens is 2. The zero-order valence-electron chi connectivity index (χ0n) is 18.8. The van der Waals surface area contributed by atoms with Gasteiger partial charge in [0.15, 0.2) is 0 Å². The van der Waals surface area contributed by atoms with Gasteiger partial charge < -0.3 is 10.2 Å². The van der Waals surface area contributed by atoms with Gasteiger partial charge in [-0.15, -0.1) is 0 Å². The first-order valence-corrected chi connectivity index (χ1v) is 11.7. The van der Waals surface area contributed by atoms with Crippen molar-refractivity contribution >= 4 is 35.0 Å². The first-order chi connectivity index (χ1) is 15.8. The van der Waals surface area contributed by atoms with E-state index in [4.69, 9.17) is 23.2 Å². The minimum absolute atomic E-state index is 0.0587. The number of benzene rings is 3. The van der Waals surface area contributed by atoms with E-state index in [2.05, 4.69) is 5.32 Å². The first-order valence-electron chi connectivity index (χ1n) is 11.0. The van der Waals surface area contributed by atoms with Crippen LogP contribution >= 0.6 is 23.2 Å². The SMILES string of the molecule is CC(C)NC(=O)[C@@H](Cc1ccccc1)N(Cc1ccccc1Cl)C(=O)Cc1ccccc1Cl. The molecule has 0 radical (unpaired) electrons. The molecule has 0 bridgehead atoms. The maximum Gasteiger partial charge on any atom is 0.243 e. The van der Waals surface area contributed by atoms with Gasteiger partial charge in [-0.2, -0.15) is 0 Å². The summed E-state index contributed by atoms with van der Waals surface area (Å²) in [6, 6.07) is 23.6. The predicted octanol–water partition coefficient (Wildman–Crippen LogP) is 5.70. The monoisotopic (exact) mass is 482 g/mol. The molecule has 0 fully saturated rings. The molecule has 0 aliphatic heterocycles. The van der Waals surface area contributed by atoms with E-state index < -0.39 is 6.04 Å². The number of rotatable bonds is 9. The molecule has 1 atom stereocenters. The maximum absolute atomic E-state index is 13.6. The van der Waals surface area contributed by atoms with E-state index in [0.717, 1.165) is 16.7 Å². The summed E-state index contributed by atoms with van der Waals surface area (Å²) >= 11 is 12.8. The van der Waals surface area contributed by atoms with Gasteiger partial charge in [0.1, 0.15) is 6.04 Å². The van der Waals surface area contributed by atoms with Crippen molar-refractivity contribution in [3.05, 3.63) is 106 Å². The lowest BCUT2D eigenvalue weighted by molar-refractivity contribution is -0.141. The van der Waals surface area contributed by atoms with Crippen LogP contribution in [0.5, 0.6) is 0 Å². The molecule has 2 amide bonds. The van der Waals surface area contributed by atoms with E-state index in [1.165, 1.54) is 0 Å². The summed E-state index contributed by atoms with van der Waals surface area (Å²) < 4.78 is 0. The van der Waals surface area contributed by atoms with Crippen molar-refractivity contribution in [3.63, 3.8) is 0 Å². The second-order valence-electron chi connectivity index (χ2n) is 8.25. The number of nitrogens with one attached hydrogen (secondary N) is 1. The number of carbonyl (C=O) groups excluding carboxylic acids is 2. The molecule has 0 aliphatic carbocycles. The second kappa shape index (κ2) is 11.9. The molecule has 0 aliphatic rings. The van der Waals surface area contributed by atoms with Gasteiger partial charge in [0.2, 0.25) is 11.8 Å². The number of carbonyl (C=O) groups is 2. The smallest absolute Gasteiger partial charge is 0.243 e. The van der Waals surface area contributed by atoms with Crippen LogP contribution in [0.15, 0.2) is 78.9 Å². The molecule has 1 N–H and O–H groups in total. The summed E-state index contributed by atoms with van der Waals surface area (Å²) in [5, 5.41) is 4.06. The number of amides is 2. The Hall–Kier alpha value is -2.82. The summed E-state index contributed by atoms with van der Waals surface area (Å²) in [4.78, 5) is 28.6. The molecule has 3 aromatic carbocycles. The molecule has 3 aromatic rings. The number of hydrogen-bond donors (Lipinski definition) is 1. The van der Waals surface area contributed by atoms with Crippen molar-refractivity contribution in [1.82, 2.24) is 10.2 Å². The number of nitrogens with zero attached hydrogens (tertiary/aromatic N) is 1. The van der Waals surface area contributed by atoms with Crippen LogP contribution in [0, 0.1) is 0 Å². The fourth-order valence-electron chi connectivity index (χ4n) is 3.65. The third kappa shape index (κ3) is 7.08. The minimum atomic E-state index is -0.707. The second-order valence-corrected chi connectivity index (χ2v) is 9.06.